The number of aliphatic hydroxyl groups excluding tert-OH is 1. The van der Waals surface area contributed by atoms with Gasteiger partial charge in [0.2, 0.25) is 0 Å². The van der Waals surface area contributed by atoms with Gasteiger partial charge in [-0.05, 0) is 25.1 Å². The van der Waals surface area contributed by atoms with Crippen molar-refractivity contribution in [3.8, 4) is 5.75 Å². The second kappa shape index (κ2) is 4.63. The summed E-state index contributed by atoms with van der Waals surface area (Å²) in [5.74, 6) is 0.484. The number of β-amino-alcohol motifs (C(OH)–C–C–N with tert-alkyl or cyclic N) is 1. The number of carbonyl (C=O) groups is 1. The summed E-state index contributed by atoms with van der Waals surface area (Å²) in [5.41, 5.74) is 6.77. The number of hydrogen-bond donors (Lipinski definition) is 2. The Bertz CT molecular complexity index is 428. The summed E-state index contributed by atoms with van der Waals surface area (Å²) in [6.07, 6.45) is -0.390. The van der Waals surface area contributed by atoms with Gasteiger partial charge in [0.05, 0.1) is 18.4 Å². The van der Waals surface area contributed by atoms with Gasteiger partial charge in [-0.15, -0.1) is 0 Å². The first kappa shape index (κ1) is 11.7. The summed E-state index contributed by atoms with van der Waals surface area (Å²) in [6, 6.07) is 4.99. The quantitative estimate of drug-likeness (QED) is 0.749. The van der Waals surface area contributed by atoms with Crippen LogP contribution in [0.1, 0.15) is 17.3 Å². The highest BCUT2D eigenvalue weighted by atomic mass is 16.5. The first-order valence-corrected chi connectivity index (χ1v) is 5.61. The molecule has 1 aliphatic heterocycles. The molecule has 1 amide bonds. The zero-order chi connectivity index (χ0) is 12.4. The zero-order valence-electron chi connectivity index (χ0n) is 9.72. The summed E-state index contributed by atoms with van der Waals surface area (Å²) in [6.45, 7) is 3.20. The molecule has 1 saturated heterocycles. The maximum Gasteiger partial charge on any atom is 0.254 e. The van der Waals surface area contributed by atoms with E-state index >= 15 is 0 Å². The molecule has 0 radical (unpaired) electrons. The van der Waals surface area contributed by atoms with E-state index in [-0.39, 0.29) is 12.0 Å². The number of likely N-dealkylation sites (tertiary alicyclic amines) is 1. The van der Waals surface area contributed by atoms with Crippen molar-refractivity contribution in [1.29, 1.82) is 0 Å². The third kappa shape index (κ3) is 2.34. The Morgan fingerprint density at radius 1 is 1.59 bits per heavy atom. The van der Waals surface area contributed by atoms with E-state index in [1.54, 1.807) is 23.1 Å². The molecule has 0 aliphatic carbocycles. The molecule has 17 heavy (non-hydrogen) atoms. The number of aliphatic hydroxyl groups is 1. The molecule has 0 spiro atoms. The molecule has 0 saturated carbocycles. The SMILES string of the molecule is CCOc1ccc(C(=O)N2CC(O)C2)cc1N. The standard InChI is InChI=1S/C12H16N2O3/c1-2-17-11-4-3-8(5-10(11)13)12(16)14-6-9(15)7-14/h3-5,9,15H,2,6-7,13H2,1H3. The van der Waals surface area contributed by atoms with Gasteiger partial charge in [-0.1, -0.05) is 0 Å². The smallest absolute Gasteiger partial charge is 0.254 e. The largest absolute Gasteiger partial charge is 0.492 e. The van der Waals surface area contributed by atoms with Crippen molar-refractivity contribution in [2.45, 2.75) is 13.0 Å². The lowest BCUT2D eigenvalue weighted by atomic mass is 10.1. The van der Waals surface area contributed by atoms with Crippen LogP contribution in [0.2, 0.25) is 0 Å². The van der Waals surface area contributed by atoms with E-state index in [1.807, 2.05) is 6.92 Å². The van der Waals surface area contributed by atoms with Gasteiger partial charge in [0.15, 0.2) is 0 Å². The Balaban J connectivity index is 2.11. The van der Waals surface area contributed by atoms with Gasteiger partial charge in [-0.25, -0.2) is 0 Å². The molecule has 0 bridgehead atoms. The van der Waals surface area contributed by atoms with Gasteiger partial charge in [-0.3, -0.25) is 4.79 Å². The predicted octanol–water partition coefficient (Wildman–Crippen LogP) is 0.484. The highest BCUT2D eigenvalue weighted by Crippen LogP contribution is 2.24. The Labute approximate surface area is 99.8 Å². The number of benzene rings is 1. The van der Waals surface area contributed by atoms with E-state index in [0.29, 0.717) is 36.7 Å². The van der Waals surface area contributed by atoms with Gasteiger partial charge in [-0.2, -0.15) is 0 Å². The van der Waals surface area contributed by atoms with E-state index in [2.05, 4.69) is 0 Å². The van der Waals surface area contributed by atoms with Gasteiger partial charge in [0.1, 0.15) is 5.75 Å². The van der Waals surface area contributed by atoms with Crippen LogP contribution >= 0.6 is 0 Å². The van der Waals surface area contributed by atoms with E-state index in [9.17, 15) is 4.79 Å². The predicted molar refractivity (Wildman–Crippen MR) is 63.9 cm³/mol. The van der Waals surface area contributed by atoms with E-state index in [1.165, 1.54) is 0 Å². The average molecular weight is 236 g/mol. The molecule has 3 N–H and O–H groups in total. The third-order valence-corrected chi connectivity index (χ3v) is 2.71. The maximum absolute atomic E-state index is 11.9. The Morgan fingerprint density at radius 2 is 2.29 bits per heavy atom. The van der Waals surface area contributed by atoms with Crippen LogP contribution < -0.4 is 10.5 Å². The fourth-order valence-electron chi connectivity index (χ4n) is 1.77. The van der Waals surface area contributed by atoms with Crippen LogP contribution in [-0.4, -0.2) is 41.7 Å². The van der Waals surface area contributed by atoms with E-state index in [0.717, 1.165) is 0 Å². The summed E-state index contributed by atoms with van der Waals surface area (Å²) >= 11 is 0. The van der Waals surface area contributed by atoms with Gasteiger partial charge >= 0.3 is 0 Å². The number of nitrogens with two attached hydrogens (primary N) is 1. The minimum atomic E-state index is -0.390. The maximum atomic E-state index is 11.9. The molecule has 2 rings (SSSR count). The average Bonchev–Trinajstić information content (AvgIpc) is 2.27. The Kier molecular flexibility index (Phi) is 3.19. The number of amides is 1. The molecule has 1 aromatic rings. The van der Waals surface area contributed by atoms with Crippen LogP contribution in [0.4, 0.5) is 5.69 Å². The molecular formula is C12H16N2O3. The summed E-state index contributed by atoms with van der Waals surface area (Å²) in [5, 5.41) is 9.14. The fourth-order valence-corrected chi connectivity index (χ4v) is 1.77. The second-order valence-corrected chi connectivity index (χ2v) is 4.05. The van der Waals surface area contributed by atoms with Crippen LogP contribution in [0, 0.1) is 0 Å². The van der Waals surface area contributed by atoms with Crippen molar-refractivity contribution < 1.29 is 14.6 Å². The summed E-state index contributed by atoms with van der Waals surface area (Å²) in [7, 11) is 0. The first-order chi connectivity index (χ1) is 8.11. The minimum absolute atomic E-state index is 0.106. The van der Waals surface area contributed by atoms with Crippen LogP contribution in [0.25, 0.3) is 0 Å². The minimum Gasteiger partial charge on any atom is -0.492 e. The monoisotopic (exact) mass is 236 g/mol. The molecule has 1 aliphatic rings. The highest BCUT2D eigenvalue weighted by Gasteiger charge is 2.29. The summed E-state index contributed by atoms with van der Waals surface area (Å²) < 4.78 is 5.30. The van der Waals surface area contributed by atoms with Crippen molar-refractivity contribution in [3.05, 3.63) is 23.8 Å². The lowest BCUT2D eigenvalue weighted by molar-refractivity contribution is 0.00590. The molecule has 5 heteroatoms. The molecule has 0 unspecified atom stereocenters. The lowest BCUT2D eigenvalue weighted by Gasteiger charge is -2.35. The van der Waals surface area contributed by atoms with Crippen molar-refractivity contribution in [2.75, 3.05) is 25.4 Å². The van der Waals surface area contributed by atoms with Crippen LogP contribution in [0.15, 0.2) is 18.2 Å². The normalized spacial score (nSPS) is 15.5. The second-order valence-electron chi connectivity index (χ2n) is 4.05. The number of anilines is 1. The molecule has 1 heterocycles. The van der Waals surface area contributed by atoms with Gasteiger partial charge < -0.3 is 20.5 Å². The number of nitrogen functional groups attached to an aromatic ring is 1. The highest BCUT2D eigenvalue weighted by molar-refractivity contribution is 5.96. The number of ether oxygens (including phenoxy) is 1. The van der Waals surface area contributed by atoms with Gasteiger partial charge in [0.25, 0.3) is 5.91 Å². The van der Waals surface area contributed by atoms with E-state index in [4.69, 9.17) is 15.6 Å². The van der Waals surface area contributed by atoms with Crippen molar-refractivity contribution in [3.63, 3.8) is 0 Å². The molecule has 5 nitrogen and oxygen atoms in total. The molecule has 0 atom stereocenters. The fraction of sp³-hybridized carbons (Fsp3) is 0.417. The lowest BCUT2D eigenvalue weighted by Crippen LogP contribution is -2.53. The summed E-state index contributed by atoms with van der Waals surface area (Å²) in [4.78, 5) is 13.5. The zero-order valence-corrected chi connectivity index (χ0v) is 9.72. The molecule has 1 fully saturated rings. The van der Waals surface area contributed by atoms with Crippen LogP contribution in [0.3, 0.4) is 0 Å². The van der Waals surface area contributed by atoms with Crippen LogP contribution in [0.5, 0.6) is 5.75 Å². The topological polar surface area (TPSA) is 75.8 Å². The van der Waals surface area contributed by atoms with Crippen molar-refractivity contribution in [2.24, 2.45) is 0 Å². The number of carbonyl (C=O) groups excluding carboxylic acids is 1. The third-order valence-electron chi connectivity index (χ3n) is 2.71. The van der Waals surface area contributed by atoms with E-state index < -0.39 is 0 Å². The first-order valence-electron chi connectivity index (χ1n) is 5.61. The number of nitrogens with zero attached hydrogens (tertiary/aromatic N) is 1. The number of rotatable bonds is 3. The van der Waals surface area contributed by atoms with Crippen LogP contribution in [-0.2, 0) is 0 Å². The Morgan fingerprint density at radius 3 is 2.82 bits per heavy atom. The van der Waals surface area contributed by atoms with Gasteiger partial charge in [0, 0.05) is 18.7 Å². The van der Waals surface area contributed by atoms with Crippen molar-refractivity contribution in [1.82, 2.24) is 4.90 Å². The van der Waals surface area contributed by atoms with Crippen molar-refractivity contribution >= 4 is 11.6 Å². The molecular weight excluding hydrogens is 220 g/mol. The molecule has 92 valence electrons. The molecule has 0 aromatic heterocycles. The molecule has 1 aromatic carbocycles. The number of hydrogen-bond acceptors (Lipinski definition) is 4. The Hall–Kier alpha value is -1.75.